The molecule has 0 N–H and O–H groups in total. The summed E-state index contributed by atoms with van der Waals surface area (Å²) < 4.78 is 0.977. The van der Waals surface area contributed by atoms with Crippen molar-refractivity contribution in [3.63, 3.8) is 0 Å². The summed E-state index contributed by atoms with van der Waals surface area (Å²) in [5.41, 5.74) is 7.37. The molecule has 37 heavy (non-hydrogen) atoms. The van der Waals surface area contributed by atoms with Gasteiger partial charge in [-0.15, -0.1) is 0 Å². The molecule has 5 aromatic carbocycles. The van der Waals surface area contributed by atoms with Gasteiger partial charge >= 0.3 is 0 Å². The molecule has 6 rings (SSSR count). The average molecular weight is 540 g/mol. The normalized spacial score (nSPS) is 10.8. The largest absolute Gasteiger partial charge is 0.208 e. The predicted molar refractivity (Wildman–Crippen MR) is 155 cm³/mol. The topological polar surface area (TPSA) is 38.7 Å². The Bertz CT molecular complexity index is 1580. The van der Waals surface area contributed by atoms with Crippen molar-refractivity contribution < 1.29 is 0 Å². The van der Waals surface area contributed by atoms with Gasteiger partial charge in [0.05, 0.1) is 0 Å². The van der Waals surface area contributed by atoms with Crippen LogP contribution in [0.2, 0.25) is 0 Å². The molecule has 0 aliphatic heterocycles. The van der Waals surface area contributed by atoms with Crippen molar-refractivity contribution in [2.45, 2.75) is 0 Å². The Hall–Kier alpha value is -4.41. The molecule has 0 aliphatic carbocycles. The van der Waals surface area contributed by atoms with Crippen LogP contribution in [0.1, 0.15) is 0 Å². The number of halogens is 1. The summed E-state index contributed by atoms with van der Waals surface area (Å²) in [7, 11) is 0. The number of nitrogens with zero attached hydrogens (tertiary/aromatic N) is 3. The van der Waals surface area contributed by atoms with E-state index in [-0.39, 0.29) is 0 Å². The number of hydrogen-bond acceptors (Lipinski definition) is 3. The Labute approximate surface area is 224 Å². The van der Waals surface area contributed by atoms with Crippen molar-refractivity contribution in [2.75, 3.05) is 0 Å². The zero-order valence-corrected chi connectivity index (χ0v) is 21.5. The summed E-state index contributed by atoms with van der Waals surface area (Å²) in [4.78, 5) is 14.8. The van der Waals surface area contributed by atoms with Crippen molar-refractivity contribution in [1.29, 1.82) is 0 Å². The molecule has 0 fully saturated rings. The molecule has 0 saturated heterocycles. The van der Waals surface area contributed by atoms with Gasteiger partial charge < -0.3 is 0 Å². The van der Waals surface area contributed by atoms with Crippen LogP contribution in [0.3, 0.4) is 0 Å². The maximum atomic E-state index is 4.96. The molecule has 1 heterocycles. The highest BCUT2D eigenvalue weighted by atomic mass is 79.9. The number of aromatic nitrogens is 3. The fraction of sp³-hybridized carbons (Fsp3) is 0. The van der Waals surface area contributed by atoms with Crippen molar-refractivity contribution >= 4 is 15.9 Å². The minimum atomic E-state index is 0.636. The molecular weight excluding hydrogens is 518 g/mol. The van der Waals surface area contributed by atoms with E-state index in [0.29, 0.717) is 17.5 Å². The molecule has 0 saturated carbocycles. The van der Waals surface area contributed by atoms with E-state index in [1.54, 1.807) is 0 Å². The van der Waals surface area contributed by atoms with Crippen LogP contribution in [-0.2, 0) is 0 Å². The molecule has 4 heteroatoms. The third-order valence-corrected chi connectivity index (χ3v) is 6.67. The van der Waals surface area contributed by atoms with Gasteiger partial charge in [0.15, 0.2) is 17.5 Å². The van der Waals surface area contributed by atoms with Crippen LogP contribution in [0.4, 0.5) is 0 Å². The standard InChI is InChI=1S/C33H22BrN3/c34-30-19-9-18-29(22-30)33-36-31(27-16-7-14-25(20-27)23-10-3-1-4-11-23)35-32(37-33)28-17-8-15-26(21-28)24-12-5-2-6-13-24/h1-22H. The van der Waals surface area contributed by atoms with E-state index in [1.807, 2.05) is 60.7 Å². The Balaban J connectivity index is 1.51. The summed E-state index contributed by atoms with van der Waals surface area (Å²) in [6.07, 6.45) is 0. The van der Waals surface area contributed by atoms with Gasteiger partial charge in [0, 0.05) is 21.2 Å². The summed E-state index contributed by atoms with van der Waals surface area (Å²) in [6, 6.07) is 45.5. The summed E-state index contributed by atoms with van der Waals surface area (Å²) >= 11 is 3.59. The first kappa shape index (κ1) is 23.0. The van der Waals surface area contributed by atoms with Crippen molar-refractivity contribution in [1.82, 2.24) is 15.0 Å². The van der Waals surface area contributed by atoms with Crippen LogP contribution < -0.4 is 0 Å². The van der Waals surface area contributed by atoms with Gasteiger partial charge in [-0.3, -0.25) is 0 Å². The highest BCUT2D eigenvalue weighted by molar-refractivity contribution is 9.10. The zero-order valence-electron chi connectivity index (χ0n) is 19.9. The lowest BCUT2D eigenvalue weighted by molar-refractivity contribution is 1.07. The van der Waals surface area contributed by atoms with E-state index in [0.717, 1.165) is 43.4 Å². The van der Waals surface area contributed by atoms with Crippen molar-refractivity contribution in [3.05, 3.63) is 138 Å². The summed E-state index contributed by atoms with van der Waals surface area (Å²) in [5.74, 6) is 1.92. The van der Waals surface area contributed by atoms with Crippen LogP contribution in [0, 0.1) is 0 Å². The van der Waals surface area contributed by atoms with E-state index in [2.05, 4.69) is 88.7 Å². The summed E-state index contributed by atoms with van der Waals surface area (Å²) in [6.45, 7) is 0. The van der Waals surface area contributed by atoms with Gasteiger partial charge in [-0.25, -0.2) is 15.0 Å². The van der Waals surface area contributed by atoms with Crippen LogP contribution in [0.15, 0.2) is 138 Å². The first-order chi connectivity index (χ1) is 18.2. The lowest BCUT2D eigenvalue weighted by Crippen LogP contribution is -2.00. The molecule has 3 nitrogen and oxygen atoms in total. The van der Waals surface area contributed by atoms with Gasteiger partial charge in [0.2, 0.25) is 0 Å². The number of benzene rings is 5. The van der Waals surface area contributed by atoms with Gasteiger partial charge in [-0.05, 0) is 46.5 Å². The highest BCUT2D eigenvalue weighted by Gasteiger charge is 2.14. The summed E-state index contributed by atoms with van der Waals surface area (Å²) in [5, 5.41) is 0. The minimum absolute atomic E-state index is 0.636. The quantitative estimate of drug-likeness (QED) is 0.219. The van der Waals surface area contributed by atoms with Gasteiger partial charge in [0.1, 0.15) is 0 Å². The predicted octanol–water partition coefficient (Wildman–Crippen LogP) is 8.97. The van der Waals surface area contributed by atoms with Crippen LogP contribution in [0.25, 0.3) is 56.4 Å². The fourth-order valence-corrected chi connectivity index (χ4v) is 4.73. The lowest BCUT2D eigenvalue weighted by Gasteiger charge is -2.11. The van der Waals surface area contributed by atoms with Gasteiger partial charge in [-0.2, -0.15) is 0 Å². The Kier molecular flexibility index (Phi) is 6.40. The van der Waals surface area contributed by atoms with Gasteiger partial charge in [-0.1, -0.05) is 125 Å². The van der Waals surface area contributed by atoms with Crippen LogP contribution in [-0.4, -0.2) is 15.0 Å². The molecule has 6 aromatic rings. The molecule has 0 bridgehead atoms. The third kappa shape index (κ3) is 5.11. The third-order valence-electron chi connectivity index (χ3n) is 6.17. The van der Waals surface area contributed by atoms with Crippen LogP contribution in [0.5, 0.6) is 0 Å². The van der Waals surface area contributed by atoms with Crippen molar-refractivity contribution in [3.8, 4) is 56.4 Å². The zero-order chi connectivity index (χ0) is 25.0. The average Bonchev–Trinajstić information content (AvgIpc) is 2.98. The molecule has 176 valence electrons. The van der Waals surface area contributed by atoms with Gasteiger partial charge in [0.25, 0.3) is 0 Å². The second-order valence-corrected chi connectivity index (χ2v) is 9.63. The Morgan fingerprint density at radius 1 is 0.324 bits per heavy atom. The first-order valence-corrected chi connectivity index (χ1v) is 12.9. The maximum absolute atomic E-state index is 4.96. The molecule has 0 spiro atoms. The molecule has 0 unspecified atom stereocenters. The lowest BCUT2D eigenvalue weighted by atomic mass is 10.0. The monoisotopic (exact) mass is 539 g/mol. The van der Waals surface area contributed by atoms with E-state index in [1.165, 1.54) is 0 Å². The number of hydrogen-bond donors (Lipinski definition) is 0. The van der Waals surface area contributed by atoms with E-state index >= 15 is 0 Å². The Morgan fingerprint density at radius 2 is 0.676 bits per heavy atom. The highest BCUT2D eigenvalue weighted by Crippen LogP contribution is 2.30. The maximum Gasteiger partial charge on any atom is 0.164 e. The molecule has 0 aliphatic rings. The molecule has 0 amide bonds. The Morgan fingerprint density at radius 3 is 1.11 bits per heavy atom. The molecule has 0 radical (unpaired) electrons. The second-order valence-electron chi connectivity index (χ2n) is 8.71. The minimum Gasteiger partial charge on any atom is -0.208 e. The van der Waals surface area contributed by atoms with Crippen molar-refractivity contribution in [2.24, 2.45) is 0 Å². The molecule has 1 aromatic heterocycles. The second kappa shape index (κ2) is 10.3. The SMILES string of the molecule is Brc1cccc(-c2nc(-c3cccc(-c4ccccc4)c3)nc(-c3cccc(-c4ccccc4)c3)n2)c1. The molecular formula is C33H22BrN3. The number of rotatable bonds is 5. The van der Waals surface area contributed by atoms with E-state index in [9.17, 15) is 0 Å². The van der Waals surface area contributed by atoms with E-state index < -0.39 is 0 Å². The fourth-order valence-electron chi connectivity index (χ4n) is 4.33. The molecule has 0 atom stereocenters. The first-order valence-electron chi connectivity index (χ1n) is 12.1. The van der Waals surface area contributed by atoms with Crippen LogP contribution >= 0.6 is 15.9 Å². The van der Waals surface area contributed by atoms with E-state index in [4.69, 9.17) is 15.0 Å². The smallest absolute Gasteiger partial charge is 0.164 e.